The van der Waals surface area contributed by atoms with Gasteiger partial charge in [-0.05, 0) is 12.0 Å². The summed E-state index contributed by atoms with van der Waals surface area (Å²) in [6, 6.07) is 10.5. The summed E-state index contributed by atoms with van der Waals surface area (Å²) in [5.74, 6) is 0. The summed E-state index contributed by atoms with van der Waals surface area (Å²) in [6.45, 7) is 4.44. The van der Waals surface area contributed by atoms with Crippen molar-refractivity contribution in [1.29, 1.82) is 0 Å². The summed E-state index contributed by atoms with van der Waals surface area (Å²) < 4.78 is 1.85. The molecule has 0 aliphatic rings. The van der Waals surface area contributed by atoms with Crippen LogP contribution in [0, 0.1) is 0 Å². The molecule has 0 unspecified atom stereocenters. The van der Waals surface area contributed by atoms with Crippen LogP contribution in [0.25, 0.3) is 0 Å². The molecule has 0 amide bonds. The molecule has 0 fully saturated rings. The van der Waals surface area contributed by atoms with E-state index in [9.17, 15) is 0 Å². The van der Waals surface area contributed by atoms with Crippen molar-refractivity contribution in [3.05, 3.63) is 48.5 Å². The Morgan fingerprint density at radius 2 is 1.81 bits per heavy atom. The third-order valence-electron chi connectivity index (χ3n) is 3.12. The lowest BCUT2D eigenvalue weighted by Crippen LogP contribution is -2.34. The van der Waals surface area contributed by atoms with E-state index in [1.165, 1.54) is 5.56 Å². The van der Waals surface area contributed by atoms with Gasteiger partial charge in [0.05, 0.1) is 6.54 Å². The van der Waals surface area contributed by atoms with Crippen LogP contribution in [0.5, 0.6) is 0 Å². The van der Waals surface area contributed by atoms with Crippen molar-refractivity contribution in [2.24, 2.45) is 5.73 Å². The molecular formula is C14H23Cl2N5. The molecule has 21 heavy (non-hydrogen) atoms. The van der Waals surface area contributed by atoms with Crippen molar-refractivity contribution < 1.29 is 0 Å². The predicted octanol–water partition coefficient (Wildman–Crippen LogP) is 1.63. The van der Waals surface area contributed by atoms with Gasteiger partial charge >= 0.3 is 0 Å². The lowest BCUT2D eigenvalue weighted by molar-refractivity contribution is 0.268. The molecule has 0 atom stereocenters. The van der Waals surface area contributed by atoms with Gasteiger partial charge in [0, 0.05) is 26.2 Å². The first-order valence-corrected chi connectivity index (χ1v) is 6.67. The quantitative estimate of drug-likeness (QED) is 0.798. The molecule has 0 aliphatic heterocycles. The third-order valence-corrected chi connectivity index (χ3v) is 3.12. The lowest BCUT2D eigenvalue weighted by atomic mass is 10.1. The molecular weight excluding hydrogens is 309 g/mol. The minimum absolute atomic E-state index is 0. The molecule has 0 aliphatic carbocycles. The van der Waals surface area contributed by atoms with E-state index in [2.05, 4.69) is 39.2 Å². The maximum atomic E-state index is 5.67. The van der Waals surface area contributed by atoms with E-state index in [1.54, 1.807) is 12.7 Å². The van der Waals surface area contributed by atoms with Crippen molar-refractivity contribution in [2.45, 2.75) is 13.0 Å². The number of nitrogens with two attached hydrogens (primary N) is 1. The molecule has 1 aromatic carbocycles. The van der Waals surface area contributed by atoms with Crippen LogP contribution in [-0.2, 0) is 13.0 Å². The zero-order valence-corrected chi connectivity index (χ0v) is 13.6. The Hall–Kier alpha value is -1.14. The Balaban J connectivity index is 0.00000200. The molecule has 118 valence electrons. The summed E-state index contributed by atoms with van der Waals surface area (Å²) in [5, 5.41) is 4.11. The molecule has 2 N–H and O–H groups in total. The second kappa shape index (κ2) is 11.5. The van der Waals surface area contributed by atoms with Gasteiger partial charge in [-0.3, -0.25) is 9.58 Å². The Morgan fingerprint density at radius 3 is 2.43 bits per heavy atom. The van der Waals surface area contributed by atoms with Gasteiger partial charge in [0.25, 0.3) is 0 Å². The highest BCUT2D eigenvalue weighted by Gasteiger charge is 2.04. The van der Waals surface area contributed by atoms with Crippen molar-refractivity contribution in [3.63, 3.8) is 0 Å². The number of rotatable bonds is 8. The SMILES string of the molecule is Cl.Cl.NCCN(CCc1ccccc1)CCn1cncn1. The van der Waals surface area contributed by atoms with Gasteiger partial charge in [0.1, 0.15) is 12.7 Å². The number of halogens is 2. The molecule has 0 saturated carbocycles. The molecule has 0 radical (unpaired) electrons. The van der Waals surface area contributed by atoms with Crippen molar-refractivity contribution in [1.82, 2.24) is 19.7 Å². The molecule has 2 rings (SSSR count). The molecule has 7 heteroatoms. The van der Waals surface area contributed by atoms with E-state index in [1.807, 2.05) is 10.7 Å². The monoisotopic (exact) mass is 331 g/mol. The average molecular weight is 332 g/mol. The smallest absolute Gasteiger partial charge is 0.137 e. The molecule has 0 saturated heterocycles. The fourth-order valence-corrected chi connectivity index (χ4v) is 2.04. The average Bonchev–Trinajstić information content (AvgIpc) is 2.96. The van der Waals surface area contributed by atoms with Crippen LogP contribution in [0.1, 0.15) is 5.56 Å². The summed E-state index contributed by atoms with van der Waals surface area (Å²) in [6.07, 6.45) is 4.37. The molecule has 0 spiro atoms. The number of nitrogens with zero attached hydrogens (tertiary/aromatic N) is 4. The largest absolute Gasteiger partial charge is 0.329 e. The van der Waals surface area contributed by atoms with E-state index in [-0.39, 0.29) is 24.8 Å². The summed E-state index contributed by atoms with van der Waals surface area (Å²) >= 11 is 0. The number of benzene rings is 1. The van der Waals surface area contributed by atoms with Crippen LogP contribution in [0.3, 0.4) is 0 Å². The third kappa shape index (κ3) is 7.43. The van der Waals surface area contributed by atoms with Crippen LogP contribution in [0.15, 0.2) is 43.0 Å². The highest BCUT2D eigenvalue weighted by molar-refractivity contribution is 5.85. The van der Waals surface area contributed by atoms with Crippen molar-refractivity contribution in [2.75, 3.05) is 26.2 Å². The van der Waals surface area contributed by atoms with E-state index in [4.69, 9.17) is 5.73 Å². The van der Waals surface area contributed by atoms with E-state index in [0.29, 0.717) is 6.54 Å². The normalized spacial score (nSPS) is 10.0. The first-order valence-electron chi connectivity index (χ1n) is 6.67. The maximum absolute atomic E-state index is 5.67. The number of aromatic nitrogens is 3. The van der Waals surface area contributed by atoms with Gasteiger partial charge in [0.2, 0.25) is 0 Å². The molecule has 0 bridgehead atoms. The maximum Gasteiger partial charge on any atom is 0.137 e. The second-order valence-corrected chi connectivity index (χ2v) is 4.52. The van der Waals surface area contributed by atoms with Crippen LogP contribution in [0.2, 0.25) is 0 Å². The molecule has 5 nitrogen and oxygen atoms in total. The van der Waals surface area contributed by atoms with Gasteiger partial charge in [0.15, 0.2) is 0 Å². The molecule has 1 heterocycles. The summed E-state index contributed by atoms with van der Waals surface area (Å²) in [5.41, 5.74) is 7.04. The molecule has 1 aromatic heterocycles. The Labute approximate surface area is 138 Å². The van der Waals surface area contributed by atoms with E-state index in [0.717, 1.165) is 32.6 Å². The van der Waals surface area contributed by atoms with Crippen LogP contribution in [-0.4, -0.2) is 45.8 Å². The van der Waals surface area contributed by atoms with Crippen molar-refractivity contribution in [3.8, 4) is 0 Å². The van der Waals surface area contributed by atoms with E-state index < -0.39 is 0 Å². The Kier molecular flexibility index (Phi) is 10.9. The first-order chi connectivity index (χ1) is 9.38. The highest BCUT2D eigenvalue weighted by atomic mass is 35.5. The number of hydrogen-bond donors (Lipinski definition) is 1. The minimum atomic E-state index is 0. The van der Waals surface area contributed by atoms with Crippen LogP contribution < -0.4 is 5.73 Å². The highest BCUT2D eigenvalue weighted by Crippen LogP contribution is 2.01. The summed E-state index contributed by atoms with van der Waals surface area (Å²) in [7, 11) is 0. The van der Waals surface area contributed by atoms with Gasteiger partial charge in [-0.15, -0.1) is 24.8 Å². The fourth-order valence-electron chi connectivity index (χ4n) is 2.04. The predicted molar refractivity (Wildman–Crippen MR) is 90.2 cm³/mol. The Bertz CT molecular complexity index is 450. The van der Waals surface area contributed by atoms with Gasteiger partial charge in [-0.2, -0.15) is 5.10 Å². The Morgan fingerprint density at radius 1 is 1.05 bits per heavy atom. The zero-order valence-electron chi connectivity index (χ0n) is 12.0. The van der Waals surface area contributed by atoms with Crippen LogP contribution >= 0.6 is 24.8 Å². The standard InChI is InChI=1S/C14H21N5.2ClH/c15-7-9-18(10-11-19-13-16-12-17-19)8-6-14-4-2-1-3-5-14;;/h1-5,12-13H,6-11,15H2;2*1H. The fraction of sp³-hybridized carbons (Fsp3) is 0.429. The van der Waals surface area contributed by atoms with Crippen molar-refractivity contribution >= 4 is 24.8 Å². The number of hydrogen-bond acceptors (Lipinski definition) is 4. The zero-order chi connectivity index (χ0) is 13.3. The van der Waals surface area contributed by atoms with Gasteiger partial charge in [-0.25, -0.2) is 4.98 Å². The molecule has 2 aromatic rings. The van der Waals surface area contributed by atoms with E-state index >= 15 is 0 Å². The first kappa shape index (κ1) is 19.9. The van der Waals surface area contributed by atoms with Gasteiger partial charge < -0.3 is 5.73 Å². The second-order valence-electron chi connectivity index (χ2n) is 4.52. The van der Waals surface area contributed by atoms with Crippen LogP contribution in [0.4, 0.5) is 0 Å². The summed E-state index contributed by atoms with van der Waals surface area (Å²) in [4.78, 5) is 6.32. The topological polar surface area (TPSA) is 60.0 Å². The minimum Gasteiger partial charge on any atom is -0.329 e. The van der Waals surface area contributed by atoms with Gasteiger partial charge in [-0.1, -0.05) is 30.3 Å². The lowest BCUT2D eigenvalue weighted by Gasteiger charge is -2.21.